The first kappa shape index (κ1) is 24.5. The highest BCUT2D eigenvalue weighted by molar-refractivity contribution is 6.02. The highest BCUT2D eigenvalue weighted by Gasteiger charge is 2.39. The first-order chi connectivity index (χ1) is 13.3. The lowest BCUT2D eigenvalue weighted by atomic mass is 9.68. The van der Waals surface area contributed by atoms with Crippen LogP contribution in [0.2, 0.25) is 0 Å². The molecule has 1 unspecified atom stereocenters. The summed E-state index contributed by atoms with van der Waals surface area (Å²) < 4.78 is 10.1. The fraction of sp³-hybridized carbons (Fsp3) is 0.591. The molecule has 0 saturated carbocycles. The SMILES string of the molecule is COc1ccc(C(=O)OCCNC(=O)C(C)(CC(C)(C)C)C(C)C)c(C(=O)O)c1. The molecule has 0 heterocycles. The Balaban J connectivity index is 2.71. The molecule has 0 radical (unpaired) electrons. The van der Waals surface area contributed by atoms with Gasteiger partial charge in [-0.25, -0.2) is 9.59 Å². The number of carboxylic acid groups (broad SMARTS) is 1. The zero-order valence-electron chi connectivity index (χ0n) is 18.4. The van der Waals surface area contributed by atoms with E-state index in [1.807, 2.05) is 20.8 Å². The lowest BCUT2D eigenvalue weighted by molar-refractivity contribution is -0.134. The van der Waals surface area contributed by atoms with Gasteiger partial charge in [-0.1, -0.05) is 41.5 Å². The maximum absolute atomic E-state index is 12.8. The average Bonchev–Trinajstić information content (AvgIpc) is 2.62. The molecule has 1 rings (SSSR count). The quantitative estimate of drug-likeness (QED) is 0.477. The van der Waals surface area contributed by atoms with Crippen LogP contribution in [-0.2, 0) is 9.53 Å². The highest BCUT2D eigenvalue weighted by Crippen LogP contribution is 2.39. The molecule has 162 valence electrons. The van der Waals surface area contributed by atoms with Gasteiger partial charge in [-0.2, -0.15) is 0 Å². The van der Waals surface area contributed by atoms with Crippen molar-refractivity contribution in [2.75, 3.05) is 20.3 Å². The van der Waals surface area contributed by atoms with Gasteiger partial charge < -0.3 is 19.9 Å². The predicted octanol–water partition coefficient (Wildman–Crippen LogP) is 3.76. The summed E-state index contributed by atoms with van der Waals surface area (Å²) in [5, 5.41) is 12.1. The maximum atomic E-state index is 12.8. The van der Waals surface area contributed by atoms with E-state index >= 15 is 0 Å². The molecule has 0 fully saturated rings. The number of hydrogen-bond donors (Lipinski definition) is 2. The second-order valence-corrected chi connectivity index (χ2v) is 8.92. The van der Waals surface area contributed by atoms with Crippen molar-refractivity contribution in [1.82, 2.24) is 5.32 Å². The number of aromatic carboxylic acids is 1. The molecule has 7 nitrogen and oxygen atoms in total. The fourth-order valence-electron chi connectivity index (χ4n) is 3.24. The molecule has 7 heteroatoms. The largest absolute Gasteiger partial charge is 0.497 e. The van der Waals surface area contributed by atoms with Crippen molar-refractivity contribution in [3.63, 3.8) is 0 Å². The van der Waals surface area contributed by atoms with E-state index in [4.69, 9.17) is 9.47 Å². The van der Waals surface area contributed by atoms with E-state index in [2.05, 4.69) is 26.1 Å². The molecular formula is C22H33NO6. The standard InChI is InChI=1S/C22H33NO6/c1-14(2)22(6,13-21(3,4)5)20(27)23-10-11-29-19(26)16-9-8-15(28-7)12-17(16)18(24)25/h8-9,12,14H,10-11,13H2,1-7H3,(H,23,27)(H,24,25). The van der Waals surface area contributed by atoms with Crippen LogP contribution >= 0.6 is 0 Å². The van der Waals surface area contributed by atoms with Gasteiger partial charge >= 0.3 is 11.9 Å². The minimum absolute atomic E-state index is 0.00950. The summed E-state index contributed by atoms with van der Waals surface area (Å²) in [7, 11) is 1.41. The molecule has 0 aliphatic heterocycles. The van der Waals surface area contributed by atoms with Crippen molar-refractivity contribution in [2.24, 2.45) is 16.7 Å². The Kier molecular flexibility index (Phi) is 8.24. The van der Waals surface area contributed by atoms with E-state index in [-0.39, 0.29) is 41.5 Å². The number of carbonyl (C=O) groups is 3. The Morgan fingerprint density at radius 1 is 1.10 bits per heavy atom. The minimum Gasteiger partial charge on any atom is -0.497 e. The van der Waals surface area contributed by atoms with E-state index in [0.29, 0.717) is 5.75 Å². The number of nitrogens with one attached hydrogen (secondary N) is 1. The Morgan fingerprint density at radius 3 is 2.21 bits per heavy atom. The molecule has 1 amide bonds. The first-order valence-electron chi connectivity index (χ1n) is 9.68. The van der Waals surface area contributed by atoms with Gasteiger partial charge in [0.2, 0.25) is 5.91 Å². The van der Waals surface area contributed by atoms with E-state index in [9.17, 15) is 19.5 Å². The lowest BCUT2D eigenvalue weighted by Crippen LogP contribution is -2.45. The second kappa shape index (κ2) is 9.76. The Morgan fingerprint density at radius 2 is 1.72 bits per heavy atom. The van der Waals surface area contributed by atoms with Crippen LogP contribution in [0.5, 0.6) is 5.75 Å². The van der Waals surface area contributed by atoms with E-state index in [0.717, 1.165) is 6.42 Å². The summed E-state index contributed by atoms with van der Waals surface area (Å²) in [4.78, 5) is 36.4. The van der Waals surface area contributed by atoms with Gasteiger partial charge in [-0.05, 0) is 36.0 Å². The average molecular weight is 408 g/mol. The number of esters is 1. The van der Waals surface area contributed by atoms with Crippen LogP contribution in [0.3, 0.4) is 0 Å². The van der Waals surface area contributed by atoms with Gasteiger partial charge in [0, 0.05) is 5.41 Å². The molecular weight excluding hydrogens is 374 g/mol. The number of rotatable bonds is 9. The van der Waals surface area contributed by atoms with Gasteiger partial charge in [0.25, 0.3) is 0 Å². The fourth-order valence-corrected chi connectivity index (χ4v) is 3.24. The zero-order chi connectivity index (χ0) is 22.4. The van der Waals surface area contributed by atoms with Crippen LogP contribution in [0.1, 0.15) is 68.7 Å². The van der Waals surface area contributed by atoms with Gasteiger partial charge in [0.15, 0.2) is 0 Å². The summed E-state index contributed by atoms with van der Waals surface area (Å²) in [5.41, 5.74) is -0.820. The number of amides is 1. The van der Waals surface area contributed by atoms with E-state index < -0.39 is 17.4 Å². The third-order valence-electron chi connectivity index (χ3n) is 4.99. The zero-order valence-corrected chi connectivity index (χ0v) is 18.4. The molecule has 1 aromatic carbocycles. The second-order valence-electron chi connectivity index (χ2n) is 8.92. The molecule has 0 saturated heterocycles. The minimum atomic E-state index is -1.25. The molecule has 29 heavy (non-hydrogen) atoms. The van der Waals surface area contributed by atoms with Crippen LogP contribution in [0, 0.1) is 16.7 Å². The third kappa shape index (κ3) is 6.76. The highest BCUT2D eigenvalue weighted by atomic mass is 16.5. The van der Waals surface area contributed by atoms with Crippen molar-refractivity contribution < 1.29 is 29.0 Å². The number of carboxylic acids is 1. The van der Waals surface area contributed by atoms with Crippen molar-refractivity contribution in [2.45, 2.75) is 48.0 Å². The van der Waals surface area contributed by atoms with Crippen LogP contribution < -0.4 is 10.1 Å². The maximum Gasteiger partial charge on any atom is 0.339 e. The monoisotopic (exact) mass is 407 g/mol. The first-order valence-corrected chi connectivity index (χ1v) is 9.68. The Labute approximate surface area is 172 Å². The number of methoxy groups -OCH3 is 1. The van der Waals surface area contributed by atoms with E-state index in [1.165, 1.54) is 25.3 Å². The molecule has 0 aromatic heterocycles. The molecule has 0 spiro atoms. The normalized spacial score (nSPS) is 13.5. The smallest absolute Gasteiger partial charge is 0.339 e. The summed E-state index contributed by atoms with van der Waals surface area (Å²) >= 11 is 0. The van der Waals surface area contributed by atoms with Crippen LogP contribution in [0.4, 0.5) is 0 Å². The van der Waals surface area contributed by atoms with Crippen LogP contribution in [0.15, 0.2) is 18.2 Å². The molecule has 1 aromatic rings. The number of carbonyl (C=O) groups excluding carboxylic acids is 2. The Hall–Kier alpha value is -2.57. The number of hydrogen-bond acceptors (Lipinski definition) is 5. The summed E-state index contributed by atoms with van der Waals surface area (Å²) in [6.07, 6.45) is 0.719. The molecule has 1 atom stereocenters. The van der Waals surface area contributed by atoms with E-state index in [1.54, 1.807) is 0 Å². The number of ether oxygens (including phenoxy) is 2. The van der Waals surface area contributed by atoms with Crippen molar-refractivity contribution >= 4 is 17.8 Å². The van der Waals surface area contributed by atoms with Crippen LogP contribution in [-0.4, -0.2) is 43.2 Å². The van der Waals surface area contributed by atoms with Gasteiger partial charge in [0.1, 0.15) is 12.4 Å². The van der Waals surface area contributed by atoms with Crippen molar-refractivity contribution in [3.05, 3.63) is 29.3 Å². The summed E-state index contributed by atoms with van der Waals surface area (Å²) in [6.45, 7) is 12.4. The third-order valence-corrected chi connectivity index (χ3v) is 4.99. The topological polar surface area (TPSA) is 102 Å². The van der Waals surface area contributed by atoms with Crippen molar-refractivity contribution in [3.8, 4) is 5.75 Å². The van der Waals surface area contributed by atoms with Gasteiger partial charge in [0.05, 0.1) is 24.8 Å². The van der Waals surface area contributed by atoms with Crippen LogP contribution in [0.25, 0.3) is 0 Å². The summed E-state index contributed by atoms with van der Waals surface area (Å²) in [5.74, 6) is -1.63. The molecule has 0 aliphatic rings. The Bertz CT molecular complexity index is 750. The number of benzene rings is 1. The van der Waals surface area contributed by atoms with Crippen molar-refractivity contribution in [1.29, 1.82) is 0 Å². The van der Waals surface area contributed by atoms with Gasteiger partial charge in [-0.3, -0.25) is 4.79 Å². The molecule has 2 N–H and O–H groups in total. The molecule has 0 aliphatic carbocycles. The summed E-state index contributed by atoms with van der Waals surface area (Å²) in [6, 6.07) is 4.11. The lowest BCUT2D eigenvalue weighted by Gasteiger charge is -2.37. The molecule has 0 bridgehead atoms. The van der Waals surface area contributed by atoms with Gasteiger partial charge in [-0.15, -0.1) is 0 Å². The predicted molar refractivity (Wildman–Crippen MR) is 110 cm³/mol.